The normalized spacial score (nSPS) is 18.6. The largest absolute Gasteiger partial charge is 0.444 e. The van der Waals surface area contributed by atoms with Gasteiger partial charge in [-0.15, -0.1) is 0 Å². The number of benzene rings is 1. The van der Waals surface area contributed by atoms with E-state index in [1.54, 1.807) is 4.90 Å². The van der Waals surface area contributed by atoms with Crippen LogP contribution < -0.4 is 4.90 Å². The third kappa shape index (κ3) is 3.03. The number of carbonyl (C=O) groups is 1. The van der Waals surface area contributed by atoms with Crippen molar-refractivity contribution in [2.75, 3.05) is 18.0 Å². The van der Waals surface area contributed by atoms with Gasteiger partial charge < -0.3 is 4.74 Å². The van der Waals surface area contributed by atoms with Crippen LogP contribution in [0.2, 0.25) is 0 Å². The molecule has 0 aliphatic carbocycles. The highest BCUT2D eigenvalue weighted by atomic mass is 16.6. The summed E-state index contributed by atoms with van der Waals surface area (Å²) in [7, 11) is 0. The van der Waals surface area contributed by atoms with Crippen molar-refractivity contribution in [3.05, 3.63) is 40.3 Å². The molecule has 1 amide bonds. The second-order valence-electron chi connectivity index (χ2n) is 5.83. The van der Waals surface area contributed by atoms with Crippen molar-refractivity contribution in [3.63, 3.8) is 0 Å². The van der Waals surface area contributed by atoms with Gasteiger partial charge in [0.05, 0.1) is 13.1 Å². The van der Waals surface area contributed by atoms with Gasteiger partial charge in [0.2, 0.25) is 0 Å². The van der Waals surface area contributed by atoms with Crippen LogP contribution in [-0.2, 0) is 10.2 Å². The van der Waals surface area contributed by atoms with Crippen LogP contribution in [0.4, 0.5) is 10.5 Å². The van der Waals surface area contributed by atoms with E-state index in [-0.39, 0.29) is 18.1 Å². The molecule has 1 aromatic rings. The maximum absolute atomic E-state index is 11.8. The average Bonchev–Trinajstić information content (AvgIpc) is 2.77. The van der Waals surface area contributed by atoms with Gasteiger partial charge >= 0.3 is 6.09 Å². The van der Waals surface area contributed by atoms with Crippen LogP contribution in [0.25, 0.3) is 10.4 Å². The van der Waals surface area contributed by atoms with Gasteiger partial charge in [-0.05, 0) is 28.6 Å². The molecule has 106 valence electrons. The van der Waals surface area contributed by atoms with Gasteiger partial charge in [-0.25, -0.2) is 4.79 Å². The molecule has 1 fully saturated rings. The molecule has 0 spiro atoms. The van der Waals surface area contributed by atoms with Crippen molar-refractivity contribution in [1.82, 2.24) is 0 Å². The number of nitrogens with zero attached hydrogens (tertiary/aromatic N) is 4. The van der Waals surface area contributed by atoms with E-state index in [0.717, 1.165) is 5.69 Å². The summed E-state index contributed by atoms with van der Waals surface area (Å²) in [5.74, 6) is 0. The molecule has 2 rings (SSSR count). The Bertz CT molecular complexity index is 541. The maximum atomic E-state index is 11.8. The fourth-order valence-corrected chi connectivity index (χ4v) is 2.10. The number of amides is 1. The van der Waals surface area contributed by atoms with Crippen LogP contribution in [0, 0.1) is 0 Å². The van der Waals surface area contributed by atoms with Crippen LogP contribution >= 0.6 is 0 Å². The Morgan fingerprint density at radius 3 is 2.60 bits per heavy atom. The lowest BCUT2D eigenvalue weighted by molar-refractivity contribution is 0.145. The molecule has 0 bridgehead atoms. The van der Waals surface area contributed by atoms with Gasteiger partial charge in [0.25, 0.3) is 0 Å². The molecule has 0 aromatic heterocycles. The number of hydrogen-bond donors (Lipinski definition) is 0. The molecule has 0 unspecified atom stereocenters. The molecular weight excluding hydrogens is 256 g/mol. The van der Waals surface area contributed by atoms with E-state index in [9.17, 15) is 4.79 Å². The molecule has 1 aliphatic heterocycles. The van der Waals surface area contributed by atoms with Gasteiger partial charge in [-0.1, -0.05) is 38.0 Å². The smallest absolute Gasteiger partial charge is 0.414 e. The predicted molar refractivity (Wildman–Crippen MR) is 76.8 cm³/mol. The number of rotatable bonds is 3. The average molecular weight is 274 g/mol. The quantitative estimate of drug-likeness (QED) is 0.479. The summed E-state index contributed by atoms with van der Waals surface area (Å²) in [5.41, 5.74) is 10.4. The summed E-state index contributed by atoms with van der Waals surface area (Å²) in [5, 5.41) is 3.44. The zero-order valence-electron chi connectivity index (χ0n) is 11.9. The minimum Gasteiger partial charge on any atom is -0.444 e. The van der Waals surface area contributed by atoms with E-state index in [1.165, 1.54) is 5.56 Å². The first kappa shape index (κ1) is 14.2. The number of ether oxygens (including phenoxy) is 1. The summed E-state index contributed by atoms with van der Waals surface area (Å²) in [4.78, 5) is 16.0. The fourth-order valence-electron chi connectivity index (χ4n) is 2.10. The zero-order valence-corrected chi connectivity index (χ0v) is 11.9. The minimum absolute atomic E-state index is 0.0775. The predicted octanol–water partition coefficient (Wildman–Crippen LogP) is 3.62. The van der Waals surface area contributed by atoms with Gasteiger partial charge in [-0.3, -0.25) is 4.90 Å². The Kier molecular flexibility index (Phi) is 3.86. The van der Waals surface area contributed by atoms with Gasteiger partial charge in [0.15, 0.2) is 0 Å². The molecule has 0 saturated carbocycles. The van der Waals surface area contributed by atoms with Crippen molar-refractivity contribution in [2.45, 2.75) is 32.3 Å². The van der Waals surface area contributed by atoms with E-state index in [1.807, 2.05) is 24.3 Å². The van der Waals surface area contributed by atoms with Crippen molar-refractivity contribution in [1.29, 1.82) is 0 Å². The first-order valence-electron chi connectivity index (χ1n) is 6.51. The molecule has 6 nitrogen and oxygen atoms in total. The topological polar surface area (TPSA) is 78.3 Å². The Hall–Kier alpha value is -2.20. The Morgan fingerprint density at radius 1 is 1.40 bits per heavy atom. The number of carbonyl (C=O) groups excluding carboxylic acids is 1. The molecule has 1 aliphatic rings. The number of cyclic esters (lactones) is 1. The number of hydrogen-bond acceptors (Lipinski definition) is 3. The number of anilines is 1. The lowest BCUT2D eigenvalue weighted by Gasteiger charge is -2.20. The maximum Gasteiger partial charge on any atom is 0.414 e. The molecule has 1 aromatic carbocycles. The molecule has 1 heterocycles. The third-order valence-electron chi connectivity index (χ3n) is 3.27. The summed E-state index contributed by atoms with van der Waals surface area (Å²) >= 11 is 0. The molecule has 0 N–H and O–H groups in total. The van der Waals surface area contributed by atoms with Crippen LogP contribution in [-0.4, -0.2) is 25.3 Å². The Morgan fingerprint density at radius 2 is 2.05 bits per heavy atom. The highest BCUT2D eigenvalue weighted by Gasteiger charge is 2.31. The van der Waals surface area contributed by atoms with Gasteiger partial charge in [-0.2, -0.15) is 0 Å². The lowest BCUT2D eigenvalue weighted by Crippen LogP contribution is -2.25. The van der Waals surface area contributed by atoms with Gasteiger partial charge in [0, 0.05) is 10.6 Å². The summed E-state index contributed by atoms with van der Waals surface area (Å²) in [6.07, 6.45) is -0.771. The minimum atomic E-state index is -0.397. The van der Waals surface area contributed by atoms with Crippen LogP contribution in [0.1, 0.15) is 26.3 Å². The van der Waals surface area contributed by atoms with Crippen molar-refractivity contribution in [2.24, 2.45) is 5.11 Å². The molecule has 1 atom stereocenters. The summed E-state index contributed by atoms with van der Waals surface area (Å²) in [6.45, 7) is 7.00. The first-order chi connectivity index (χ1) is 9.41. The van der Waals surface area contributed by atoms with Crippen LogP contribution in [0.3, 0.4) is 0 Å². The third-order valence-corrected chi connectivity index (χ3v) is 3.27. The van der Waals surface area contributed by atoms with E-state index in [2.05, 4.69) is 30.8 Å². The van der Waals surface area contributed by atoms with E-state index in [0.29, 0.717) is 6.54 Å². The van der Waals surface area contributed by atoms with Crippen molar-refractivity contribution >= 4 is 11.8 Å². The standard InChI is InChI=1S/C14H18N4O2/c1-14(2,3)10-4-6-11(7-5-10)18-9-12(8-16-17-15)20-13(18)19/h4-7,12H,8-9H2,1-3H3/t12-/m0/s1. The summed E-state index contributed by atoms with van der Waals surface area (Å²) < 4.78 is 5.15. The molecule has 6 heteroatoms. The molecular formula is C14H18N4O2. The highest BCUT2D eigenvalue weighted by molar-refractivity contribution is 5.89. The Labute approximate surface area is 118 Å². The summed E-state index contributed by atoms with van der Waals surface area (Å²) in [6, 6.07) is 7.86. The van der Waals surface area contributed by atoms with Crippen LogP contribution in [0.5, 0.6) is 0 Å². The second kappa shape index (κ2) is 5.43. The lowest BCUT2D eigenvalue weighted by atomic mass is 9.87. The second-order valence-corrected chi connectivity index (χ2v) is 5.83. The van der Waals surface area contributed by atoms with Crippen molar-refractivity contribution < 1.29 is 9.53 Å². The molecule has 20 heavy (non-hydrogen) atoms. The van der Waals surface area contributed by atoms with Crippen LogP contribution in [0.15, 0.2) is 29.4 Å². The highest BCUT2D eigenvalue weighted by Crippen LogP contribution is 2.27. The SMILES string of the molecule is CC(C)(C)c1ccc(N2C[C@H](CN=[N+]=[N-])OC2=O)cc1. The first-order valence-corrected chi connectivity index (χ1v) is 6.51. The van der Waals surface area contributed by atoms with E-state index in [4.69, 9.17) is 10.3 Å². The Balaban J connectivity index is 2.12. The van der Waals surface area contributed by atoms with E-state index >= 15 is 0 Å². The van der Waals surface area contributed by atoms with E-state index < -0.39 is 6.09 Å². The molecule has 0 radical (unpaired) electrons. The molecule has 1 saturated heterocycles. The van der Waals surface area contributed by atoms with Crippen molar-refractivity contribution in [3.8, 4) is 0 Å². The van der Waals surface area contributed by atoms with Gasteiger partial charge in [0.1, 0.15) is 6.10 Å². The monoisotopic (exact) mass is 274 g/mol. The zero-order chi connectivity index (χ0) is 14.8. The fraction of sp³-hybridized carbons (Fsp3) is 0.500. The number of azide groups is 1.